The molecule has 0 spiro atoms. The molecule has 10 heteroatoms. The van der Waals surface area contributed by atoms with Crippen LogP contribution in [0.3, 0.4) is 0 Å². The van der Waals surface area contributed by atoms with E-state index in [2.05, 4.69) is 21.7 Å². The maximum Gasteiger partial charge on any atom is 0.329 e. The molecule has 126 valence electrons. The Morgan fingerprint density at radius 2 is 1.96 bits per heavy atom. The predicted octanol–water partition coefficient (Wildman–Crippen LogP) is 2.56. The number of nitrogens with zero attached hydrogens (tertiary/aromatic N) is 4. The molecule has 0 saturated heterocycles. The van der Waals surface area contributed by atoms with Gasteiger partial charge in [0.25, 0.3) is 0 Å². The van der Waals surface area contributed by atoms with Gasteiger partial charge in [-0.3, -0.25) is 15.1 Å². The lowest BCUT2D eigenvalue weighted by Gasteiger charge is -2.16. The Morgan fingerprint density at radius 1 is 1.33 bits per heavy atom. The van der Waals surface area contributed by atoms with Gasteiger partial charge >= 0.3 is 5.69 Å². The van der Waals surface area contributed by atoms with Crippen LogP contribution >= 0.6 is 11.6 Å². The van der Waals surface area contributed by atoms with Crippen LogP contribution in [-0.4, -0.2) is 36.6 Å². The molecule has 0 amide bonds. The average molecular weight is 369 g/mol. The lowest BCUT2D eigenvalue weighted by Crippen LogP contribution is -2.20. The van der Waals surface area contributed by atoms with Gasteiger partial charge in [0.05, 0.1) is 16.4 Å². The number of sulfone groups is 1. The molecule has 1 aromatic heterocycles. The van der Waals surface area contributed by atoms with Crippen molar-refractivity contribution >= 4 is 33.8 Å². The zero-order valence-corrected chi connectivity index (χ0v) is 14.2. The number of benzene rings is 1. The number of hydrogen-bond acceptors (Lipinski definition) is 7. The Kier molecular flexibility index (Phi) is 5.25. The van der Waals surface area contributed by atoms with E-state index in [1.807, 2.05) is 0 Å². The van der Waals surface area contributed by atoms with Crippen LogP contribution in [0.4, 0.5) is 5.69 Å². The fourth-order valence-corrected chi connectivity index (χ4v) is 4.08. The summed E-state index contributed by atoms with van der Waals surface area (Å²) in [7, 11) is -3.99. The van der Waals surface area contributed by atoms with Gasteiger partial charge in [-0.15, -0.1) is 0 Å². The van der Waals surface area contributed by atoms with Crippen molar-refractivity contribution < 1.29 is 13.3 Å². The fourth-order valence-electron chi connectivity index (χ4n) is 2.17. The zero-order chi connectivity index (χ0) is 17.9. The molecule has 0 saturated carbocycles. The first-order chi connectivity index (χ1) is 11.3. The predicted molar refractivity (Wildman–Crippen MR) is 89.2 cm³/mol. The van der Waals surface area contributed by atoms with Gasteiger partial charge in [0.2, 0.25) is 5.15 Å². The first-order valence-corrected chi connectivity index (χ1v) is 8.61. The summed E-state index contributed by atoms with van der Waals surface area (Å²) in [5, 5.41) is 9.52. The second kappa shape index (κ2) is 7.02. The van der Waals surface area contributed by atoms with Gasteiger partial charge in [0.1, 0.15) is 16.8 Å². The number of nitro groups is 1. The molecule has 0 aliphatic rings. The molecule has 0 fully saturated rings. The van der Waals surface area contributed by atoms with Crippen LogP contribution in [0, 0.1) is 17.0 Å². The number of halogens is 1. The SMILES string of the molecule is C=NCC(c1nc(C)nc(Cl)c1[N+](=O)[O-])S(=O)(=O)c1ccccc1. The molecule has 1 heterocycles. The minimum absolute atomic E-state index is 0.000311. The van der Waals surface area contributed by atoms with Crippen LogP contribution in [0.2, 0.25) is 5.15 Å². The van der Waals surface area contributed by atoms with Crippen LogP contribution in [0.15, 0.2) is 40.2 Å². The van der Waals surface area contributed by atoms with E-state index in [1.54, 1.807) is 18.2 Å². The lowest BCUT2D eigenvalue weighted by molar-refractivity contribution is -0.386. The van der Waals surface area contributed by atoms with E-state index in [4.69, 9.17) is 11.6 Å². The molecule has 2 rings (SSSR count). The van der Waals surface area contributed by atoms with E-state index in [9.17, 15) is 18.5 Å². The summed E-state index contributed by atoms with van der Waals surface area (Å²) >= 11 is 5.84. The Balaban J connectivity index is 2.74. The minimum atomic E-state index is -3.99. The van der Waals surface area contributed by atoms with Crippen LogP contribution < -0.4 is 0 Å². The molecule has 0 radical (unpaired) electrons. The molecular weight excluding hydrogens is 356 g/mol. The second-order valence-corrected chi connectivity index (χ2v) is 7.29. The van der Waals surface area contributed by atoms with E-state index in [0.29, 0.717) is 0 Å². The van der Waals surface area contributed by atoms with Crippen molar-refractivity contribution in [3.63, 3.8) is 0 Å². The summed E-state index contributed by atoms with van der Waals surface area (Å²) in [6.07, 6.45) is 0. The molecule has 2 aromatic rings. The number of aryl methyl sites for hydroxylation is 1. The number of hydrogen-bond donors (Lipinski definition) is 0. The maximum atomic E-state index is 12.9. The van der Waals surface area contributed by atoms with E-state index >= 15 is 0 Å². The van der Waals surface area contributed by atoms with Crippen molar-refractivity contribution in [2.75, 3.05) is 6.54 Å². The average Bonchev–Trinajstić information content (AvgIpc) is 2.52. The third-order valence-corrected chi connectivity index (χ3v) is 5.52. The summed E-state index contributed by atoms with van der Waals surface area (Å²) < 4.78 is 25.8. The summed E-state index contributed by atoms with van der Waals surface area (Å²) in [6.45, 7) is 4.46. The van der Waals surface area contributed by atoms with Gasteiger partial charge < -0.3 is 0 Å². The highest BCUT2D eigenvalue weighted by Crippen LogP contribution is 2.36. The molecule has 1 unspecified atom stereocenters. The molecule has 0 N–H and O–H groups in total. The van der Waals surface area contributed by atoms with Crippen molar-refractivity contribution in [3.05, 3.63) is 57.1 Å². The van der Waals surface area contributed by atoms with Crippen LogP contribution in [-0.2, 0) is 9.84 Å². The van der Waals surface area contributed by atoms with E-state index < -0.39 is 30.9 Å². The molecule has 24 heavy (non-hydrogen) atoms. The quantitative estimate of drug-likeness (QED) is 0.335. The van der Waals surface area contributed by atoms with Crippen molar-refractivity contribution in [2.24, 2.45) is 4.99 Å². The van der Waals surface area contributed by atoms with Crippen molar-refractivity contribution in [3.8, 4) is 0 Å². The molecule has 1 aromatic carbocycles. The largest absolute Gasteiger partial charge is 0.329 e. The van der Waals surface area contributed by atoms with Gasteiger partial charge in [-0.2, -0.15) is 0 Å². The molecule has 0 aliphatic heterocycles. The van der Waals surface area contributed by atoms with Gasteiger partial charge in [-0.25, -0.2) is 18.4 Å². The van der Waals surface area contributed by atoms with Gasteiger partial charge in [0.15, 0.2) is 9.84 Å². The third kappa shape index (κ3) is 3.41. The van der Waals surface area contributed by atoms with E-state index in [0.717, 1.165) is 0 Å². The Hall–Kier alpha value is -2.39. The Bertz CT molecular complexity index is 887. The summed E-state index contributed by atoms with van der Waals surface area (Å²) in [4.78, 5) is 21.8. The third-order valence-electron chi connectivity index (χ3n) is 3.21. The van der Waals surface area contributed by atoms with Crippen LogP contribution in [0.25, 0.3) is 0 Å². The van der Waals surface area contributed by atoms with Crippen molar-refractivity contribution in [1.29, 1.82) is 0 Å². The summed E-state index contributed by atoms with van der Waals surface area (Å²) in [5.74, 6) is 0.123. The standard InChI is InChI=1S/C14H13ClN4O4S/c1-9-17-12(13(19(20)21)14(15)18-9)11(8-16-2)24(22,23)10-6-4-3-5-7-10/h3-7,11H,2,8H2,1H3. The van der Waals surface area contributed by atoms with Crippen molar-refractivity contribution in [2.45, 2.75) is 17.1 Å². The summed E-state index contributed by atoms with van der Waals surface area (Å²) in [5.41, 5.74) is -0.941. The molecule has 0 aliphatic carbocycles. The smallest absolute Gasteiger partial charge is 0.299 e. The Morgan fingerprint density at radius 3 is 2.50 bits per heavy atom. The lowest BCUT2D eigenvalue weighted by atomic mass is 10.2. The van der Waals surface area contributed by atoms with Crippen molar-refractivity contribution in [1.82, 2.24) is 9.97 Å². The topological polar surface area (TPSA) is 115 Å². The van der Waals surface area contributed by atoms with E-state index in [-0.39, 0.29) is 23.0 Å². The van der Waals surface area contributed by atoms with E-state index in [1.165, 1.54) is 19.1 Å². The number of rotatable bonds is 6. The van der Waals surface area contributed by atoms with Gasteiger partial charge in [0, 0.05) is 0 Å². The first kappa shape index (κ1) is 18.0. The maximum absolute atomic E-state index is 12.9. The number of aromatic nitrogens is 2. The van der Waals surface area contributed by atoms with Crippen LogP contribution in [0.5, 0.6) is 0 Å². The molecular formula is C14H13ClN4O4S. The number of aliphatic imine (C=N–C) groups is 1. The highest BCUT2D eigenvalue weighted by Gasteiger charge is 2.37. The second-order valence-electron chi connectivity index (χ2n) is 4.81. The highest BCUT2D eigenvalue weighted by molar-refractivity contribution is 7.91. The Labute approximate surface area is 143 Å². The zero-order valence-electron chi connectivity index (χ0n) is 12.6. The normalized spacial score (nSPS) is 12.6. The van der Waals surface area contributed by atoms with Gasteiger partial charge in [-0.05, 0) is 25.8 Å². The monoisotopic (exact) mass is 368 g/mol. The first-order valence-electron chi connectivity index (χ1n) is 6.69. The van der Waals surface area contributed by atoms with Crippen LogP contribution in [0.1, 0.15) is 16.8 Å². The molecule has 1 atom stereocenters. The van der Waals surface area contributed by atoms with Gasteiger partial charge in [-0.1, -0.05) is 29.8 Å². The highest BCUT2D eigenvalue weighted by atomic mass is 35.5. The summed E-state index contributed by atoms with van der Waals surface area (Å²) in [6, 6.07) is 7.56. The fraction of sp³-hybridized carbons (Fsp3) is 0.214. The molecule has 8 nitrogen and oxygen atoms in total. The molecule has 0 bridgehead atoms. The minimum Gasteiger partial charge on any atom is -0.299 e.